The molecule has 2 aromatic rings. The van der Waals surface area contributed by atoms with Crippen LogP contribution < -0.4 is 0 Å². The molecule has 0 bridgehead atoms. The summed E-state index contributed by atoms with van der Waals surface area (Å²) in [5.41, 5.74) is 1.34. The molecule has 2 N–H and O–H groups in total. The van der Waals surface area contributed by atoms with Crippen molar-refractivity contribution in [3.05, 3.63) is 45.4 Å². The van der Waals surface area contributed by atoms with Gasteiger partial charge in [-0.25, -0.2) is 0 Å². The van der Waals surface area contributed by atoms with Crippen LogP contribution >= 0.6 is 34.8 Å². The number of phenolic OH excluding ortho intramolecular Hbond substituents is 2. The molecule has 0 radical (unpaired) electrons. The predicted octanol–water partition coefficient (Wildman–Crippen LogP) is 4.73. The second-order valence-corrected chi connectivity index (χ2v) is 4.59. The first-order chi connectivity index (χ1) is 8.00. The lowest BCUT2D eigenvalue weighted by atomic mass is 10.1. The molecule has 0 aliphatic rings. The van der Waals surface area contributed by atoms with Gasteiger partial charge < -0.3 is 10.2 Å². The topological polar surface area (TPSA) is 40.5 Å². The van der Waals surface area contributed by atoms with Crippen molar-refractivity contribution in [1.29, 1.82) is 0 Å². The van der Waals surface area contributed by atoms with Crippen LogP contribution in [-0.4, -0.2) is 10.2 Å². The molecule has 2 aromatic carbocycles. The van der Waals surface area contributed by atoms with Crippen molar-refractivity contribution in [2.75, 3.05) is 0 Å². The quantitative estimate of drug-likeness (QED) is 0.745. The Bertz CT molecular complexity index is 565. The van der Waals surface area contributed by atoms with E-state index in [0.717, 1.165) is 5.56 Å². The van der Waals surface area contributed by atoms with Gasteiger partial charge in [-0.2, -0.15) is 0 Å². The van der Waals surface area contributed by atoms with E-state index in [1.807, 2.05) is 0 Å². The smallest absolute Gasteiger partial charge is 0.154 e. The summed E-state index contributed by atoms with van der Waals surface area (Å²) in [7, 11) is 0. The lowest BCUT2D eigenvalue weighted by molar-refractivity contribution is 0.475. The van der Waals surface area contributed by atoms with E-state index in [4.69, 9.17) is 34.8 Å². The minimum atomic E-state index is -0.235. The SMILES string of the molecule is Oc1ccc(-c2cc(Cl)c(O)c(Cl)c2Cl)cc1. The largest absolute Gasteiger partial charge is 0.508 e. The monoisotopic (exact) mass is 288 g/mol. The van der Waals surface area contributed by atoms with Crippen LogP contribution in [-0.2, 0) is 0 Å². The Morgan fingerprint density at radius 1 is 0.824 bits per heavy atom. The fourth-order valence-electron chi connectivity index (χ4n) is 1.44. The lowest BCUT2D eigenvalue weighted by Gasteiger charge is -2.09. The number of aromatic hydroxyl groups is 2. The third-order valence-electron chi connectivity index (χ3n) is 2.31. The van der Waals surface area contributed by atoms with Crippen molar-refractivity contribution < 1.29 is 10.2 Å². The first-order valence-electron chi connectivity index (χ1n) is 4.66. The Morgan fingerprint density at radius 3 is 2.00 bits per heavy atom. The summed E-state index contributed by atoms with van der Waals surface area (Å²) in [4.78, 5) is 0. The van der Waals surface area contributed by atoms with E-state index in [0.29, 0.717) is 5.56 Å². The van der Waals surface area contributed by atoms with Crippen molar-refractivity contribution in [3.8, 4) is 22.6 Å². The first-order valence-corrected chi connectivity index (χ1v) is 5.80. The second-order valence-electron chi connectivity index (χ2n) is 3.43. The van der Waals surface area contributed by atoms with Crippen LogP contribution in [0.3, 0.4) is 0 Å². The third kappa shape index (κ3) is 2.29. The highest BCUT2D eigenvalue weighted by Crippen LogP contribution is 2.43. The van der Waals surface area contributed by atoms with Crippen LogP contribution in [0.4, 0.5) is 0 Å². The molecule has 2 rings (SSSR count). The van der Waals surface area contributed by atoms with Crippen LogP contribution in [0.1, 0.15) is 0 Å². The molecule has 0 aliphatic heterocycles. The standard InChI is InChI=1S/C12H7Cl3O2/c13-9-5-8(10(14)11(15)12(9)17)6-1-3-7(16)4-2-6/h1-5,16-17H. The molecule has 0 atom stereocenters. The molecule has 0 amide bonds. The van der Waals surface area contributed by atoms with Crippen molar-refractivity contribution in [1.82, 2.24) is 0 Å². The highest BCUT2D eigenvalue weighted by molar-refractivity contribution is 6.46. The van der Waals surface area contributed by atoms with Crippen LogP contribution in [0, 0.1) is 0 Å². The molecule has 0 spiro atoms. The van der Waals surface area contributed by atoms with E-state index in [1.165, 1.54) is 18.2 Å². The van der Waals surface area contributed by atoms with Crippen LogP contribution in [0.15, 0.2) is 30.3 Å². The van der Waals surface area contributed by atoms with Gasteiger partial charge in [0, 0.05) is 5.56 Å². The van der Waals surface area contributed by atoms with Gasteiger partial charge in [0.1, 0.15) is 10.8 Å². The van der Waals surface area contributed by atoms with Crippen molar-refractivity contribution in [3.63, 3.8) is 0 Å². The van der Waals surface area contributed by atoms with Crippen LogP contribution in [0.5, 0.6) is 11.5 Å². The summed E-state index contributed by atoms with van der Waals surface area (Å²) in [6.45, 7) is 0. The third-order valence-corrected chi connectivity index (χ3v) is 3.46. The van der Waals surface area contributed by atoms with E-state index in [-0.39, 0.29) is 26.6 Å². The molecular weight excluding hydrogens is 282 g/mol. The van der Waals surface area contributed by atoms with E-state index in [1.54, 1.807) is 12.1 Å². The van der Waals surface area contributed by atoms with Gasteiger partial charge >= 0.3 is 0 Å². The number of hydrogen-bond acceptors (Lipinski definition) is 2. The highest BCUT2D eigenvalue weighted by Gasteiger charge is 2.14. The van der Waals surface area contributed by atoms with Gasteiger partial charge in [-0.1, -0.05) is 46.9 Å². The Balaban J connectivity index is 2.64. The normalized spacial score (nSPS) is 10.5. The lowest BCUT2D eigenvalue weighted by Crippen LogP contribution is -1.83. The van der Waals surface area contributed by atoms with Gasteiger partial charge in [0.2, 0.25) is 0 Å². The van der Waals surface area contributed by atoms with Gasteiger partial charge in [-0.15, -0.1) is 0 Å². The zero-order chi connectivity index (χ0) is 12.6. The molecule has 0 aliphatic carbocycles. The van der Waals surface area contributed by atoms with Gasteiger partial charge in [0.05, 0.1) is 10.0 Å². The van der Waals surface area contributed by atoms with E-state index < -0.39 is 0 Å². The Kier molecular flexibility index (Phi) is 3.38. The number of rotatable bonds is 1. The highest BCUT2D eigenvalue weighted by atomic mass is 35.5. The molecule has 0 saturated carbocycles. The molecule has 0 unspecified atom stereocenters. The van der Waals surface area contributed by atoms with E-state index in [9.17, 15) is 10.2 Å². The maximum absolute atomic E-state index is 9.51. The summed E-state index contributed by atoms with van der Waals surface area (Å²) in [5, 5.41) is 19.1. The maximum Gasteiger partial charge on any atom is 0.154 e. The molecule has 17 heavy (non-hydrogen) atoms. The van der Waals surface area contributed by atoms with E-state index in [2.05, 4.69) is 0 Å². The van der Waals surface area contributed by atoms with Crippen molar-refractivity contribution in [2.24, 2.45) is 0 Å². The van der Waals surface area contributed by atoms with Crippen LogP contribution in [0.25, 0.3) is 11.1 Å². The number of phenols is 2. The molecule has 0 saturated heterocycles. The fraction of sp³-hybridized carbons (Fsp3) is 0. The molecule has 0 heterocycles. The molecule has 0 aromatic heterocycles. The maximum atomic E-state index is 9.51. The van der Waals surface area contributed by atoms with Gasteiger partial charge in [0.15, 0.2) is 5.75 Å². The number of halogens is 3. The van der Waals surface area contributed by atoms with Crippen LogP contribution in [0.2, 0.25) is 15.1 Å². The molecule has 2 nitrogen and oxygen atoms in total. The molecule has 5 heteroatoms. The average Bonchev–Trinajstić information content (AvgIpc) is 2.32. The fourth-order valence-corrected chi connectivity index (χ4v) is 2.15. The zero-order valence-electron chi connectivity index (χ0n) is 8.42. The summed E-state index contributed by atoms with van der Waals surface area (Å²) in [6.07, 6.45) is 0. The average molecular weight is 290 g/mol. The van der Waals surface area contributed by atoms with Crippen molar-refractivity contribution >= 4 is 34.8 Å². The molecule has 0 fully saturated rings. The molecule has 88 valence electrons. The predicted molar refractivity (Wildman–Crippen MR) is 70.2 cm³/mol. The summed E-state index contributed by atoms with van der Waals surface area (Å²) >= 11 is 17.7. The zero-order valence-corrected chi connectivity index (χ0v) is 10.7. The Hall–Kier alpha value is -1.09. The number of benzene rings is 2. The number of hydrogen-bond donors (Lipinski definition) is 2. The summed E-state index contributed by atoms with van der Waals surface area (Å²) in [6, 6.07) is 7.94. The van der Waals surface area contributed by atoms with E-state index >= 15 is 0 Å². The minimum absolute atomic E-state index is 0.0160. The van der Waals surface area contributed by atoms with Crippen molar-refractivity contribution in [2.45, 2.75) is 0 Å². The minimum Gasteiger partial charge on any atom is -0.508 e. The Labute approximate surface area is 113 Å². The first kappa shape index (κ1) is 12.4. The van der Waals surface area contributed by atoms with Gasteiger partial charge in [-0.3, -0.25) is 0 Å². The summed E-state index contributed by atoms with van der Waals surface area (Å²) in [5.74, 6) is -0.0818. The van der Waals surface area contributed by atoms with Gasteiger partial charge in [-0.05, 0) is 23.8 Å². The molecular formula is C12H7Cl3O2. The Morgan fingerprint density at radius 2 is 1.41 bits per heavy atom. The van der Waals surface area contributed by atoms with Gasteiger partial charge in [0.25, 0.3) is 0 Å². The second kappa shape index (κ2) is 4.65. The summed E-state index contributed by atoms with van der Waals surface area (Å²) < 4.78 is 0.